The van der Waals surface area contributed by atoms with E-state index in [-0.39, 0.29) is 5.92 Å². The highest BCUT2D eigenvalue weighted by Gasteiger charge is 2.09. The van der Waals surface area contributed by atoms with Crippen molar-refractivity contribution in [1.82, 2.24) is 4.90 Å². The molecule has 1 rings (SSSR count). The normalized spacial score (nSPS) is 12.2. The summed E-state index contributed by atoms with van der Waals surface area (Å²) in [4.78, 5) is 2.09. The van der Waals surface area contributed by atoms with Crippen molar-refractivity contribution in [2.75, 3.05) is 20.7 Å². The molecule has 0 bridgehead atoms. The van der Waals surface area contributed by atoms with E-state index < -0.39 is 0 Å². The highest BCUT2D eigenvalue weighted by atomic mass is 35.5. The fourth-order valence-corrected chi connectivity index (χ4v) is 1.93. The standard InChI is InChI=1S/C13H17ClN2O/c1-10(7-15)8-16(2)9-11-6-12(14)4-5-13(11)17-3/h4-6,10H,8-9H2,1-3H3. The van der Waals surface area contributed by atoms with Crippen molar-refractivity contribution in [2.24, 2.45) is 5.92 Å². The highest BCUT2D eigenvalue weighted by Crippen LogP contribution is 2.23. The molecule has 1 aromatic carbocycles. The SMILES string of the molecule is COc1ccc(Cl)cc1CN(C)CC(C)C#N. The van der Waals surface area contributed by atoms with Crippen LogP contribution in [-0.4, -0.2) is 25.6 Å². The van der Waals surface area contributed by atoms with Gasteiger partial charge >= 0.3 is 0 Å². The summed E-state index contributed by atoms with van der Waals surface area (Å²) in [6.07, 6.45) is 0. The number of nitrogens with zero attached hydrogens (tertiary/aromatic N) is 2. The molecular formula is C13H17ClN2O. The van der Waals surface area contributed by atoms with Crippen molar-refractivity contribution in [2.45, 2.75) is 13.5 Å². The Balaban J connectivity index is 2.73. The monoisotopic (exact) mass is 252 g/mol. The van der Waals surface area contributed by atoms with Crippen molar-refractivity contribution in [3.63, 3.8) is 0 Å². The van der Waals surface area contributed by atoms with Gasteiger partial charge in [0.2, 0.25) is 0 Å². The second-order valence-electron chi connectivity index (χ2n) is 4.18. The van der Waals surface area contributed by atoms with Gasteiger partial charge in [0.25, 0.3) is 0 Å². The molecule has 0 fully saturated rings. The number of halogens is 1. The molecular weight excluding hydrogens is 236 g/mol. The molecule has 0 amide bonds. The lowest BCUT2D eigenvalue weighted by molar-refractivity contribution is 0.296. The molecule has 0 saturated heterocycles. The van der Waals surface area contributed by atoms with E-state index in [0.717, 1.165) is 24.4 Å². The molecule has 1 unspecified atom stereocenters. The van der Waals surface area contributed by atoms with Crippen molar-refractivity contribution in [1.29, 1.82) is 5.26 Å². The maximum absolute atomic E-state index is 8.77. The minimum atomic E-state index is 0.0187. The molecule has 0 aromatic heterocycles. The van der Waals surface area contributed by atoms with Gasteiger partial charge in [-0.3, -0.25) is 0 Å². The molecule has 0 aliphatic heterocycles. The van der Waals surface area contributed by atoms with Crippen LogP contribution in [-0.2, 0) is 6.54 Å². The van der Waals surface area contributed by atoms with Gasteiger partial charge in [-0.05, 0) is 32.2 Å². The van der Waals surface area contributed by atoms with Gasteiger partial charge in [-0.15, -0.1) is 0 Å². The van der Waals surface area contributed by atoms with E-state index in [1.807, 2.05) is 32.2 Å². The number of nitriles is 1. The lowest BCUT2D eigenvalue weighted by atomic mass is 10.1. The van der Waals surface area contributed by atoms with Gasteiger partial charge < -0.3 is 9.64 Å². The molecule has 0 N–H and O–H groups in total. The van der Waals surface area contributed by atoms with Crippen molar-refractivity contribution in [3.8, 4) is 11.8 Å². The van der Waals surface area contributed by atoms with E-state index in [0.29, 0.717) is 5.02 Å². The summed E-state index contributed by atoms with van der Waals surface area (Å²) in [5, 5.41) is 9.47. The van der Waals surface area contributed by atoms with E-state index in [4.69, 9.17) is 21.6 Å². The topological polar surface area (TPSA) is 36.3 Å². The van der Waals surface area contributed by atoms with Crippen LogP contribution in [0.3, 0.4) is 0 Å². The third kappa shape index (κ3) is 4.26. The zero-order valence-electron chi connectivity index (χ0n) is 10.4. The molecule has 1 aromatic rings. The third-order valence-electron chi connectivity index (χ3n) is 2.49. The lowest BCUT2D eigenvalue weighted by Gasteiger charge is -2.19. The Kier molecular flexibility index (Phi) is 5.27. The van der Waals surface area contributed by atoms with E-state index in [9.17, 15) is 0 Å². The number of methoxy groups -OCH3 is 1. The van der Waals surface area contributed by atoms with Gasteiger partial charge in [-0.25, -0.2) is 0 Å². The Bertz CT molecular complexity index is 414. The predicted molar refractivity (Wildman–Crippen MR) is 69.1 cm³/mol. The maximum Gasteiger partial charge on any atom is 0.123 e. The molecule has 17 heavy (non-hydrogen) atoms. The third-order valence-corrected chi connectivity index (χ3v) is 2.72. The van der Waals surface area contributed by atoms with Gasteiger partial charge in [0.15, 0.2) is 0 Å². The highest BCUT2D eigenvalue weighted by molar-refractivity contribution is 6.30. The summed E-state index contributed by atoms with van der Waals surface area (Å²) in [6, 6.07) is 7.79. The van der Waals surface area contributed by atoms with Crippen LogP contribution in [0.2, 0.25) is 5.02 Å². The van der Waals surface area contributed by atoms with Crippen molar-refractivity contribution >= 4 is 11.6 Å². The Labute approximate surface area is 108 Å². The minimum Gasteiger partial charge on any atom is -0.496 e. The van der Waals surface area contributed by atoms with Gasteiger partial charge in [-0.2, -0.15) is 5.26 Å². The molecule has 3 nitrogen and oxygen atoms in total. The summed E-state index contributed by atoms with van der Waals surface area (Å²) in [5.74, 6) is 0.844. The van der Waals surface area contributed by atoms with Gasteiger partial charge in [0.1, 0.15) is 5.75 Å². The molecule has 0 aliphatic rings. The molecule has 0 aliphatic carbocycles. The first-order valence-corrected chi connectivity index (χ1v) is 5.85. The summed E-state index contributed by atoms with van der Waals surface area (Å²) < 4.78 is 5.28. The van der Waals surface area contributed by atoms with Crippen LogP contribution in [0.5, 0.6) is 5.75 Å². The zero-order valence-corrected chi connectivity index (χ0v) is 11.2. The Hall–Kier alpha value is -1.24. The van der Waals surface area contributed by atoms with Crippen LogP contribution >= 0.6 is 11.6 Å². The van der Waals surface area contributed by atoms with Gasteiger partial charge in [0.05, 0.1) is 19.1 Å². The van der Waals surface area contributed by atoms with E-state index in [2.05, 4.69) is 11.0 Å². The summed E-state index contributed by atoms with van der Waals surface area (Å²) in [7, 11) is 3.62. The van der Waals surface area contributed by atoms with E-state index in [1.165, 1.54) is 0 Å². The fraction of sp³-hybridized carbons (Fsp3) is 0.462. The molecule has 0 heterocycles. The average molecular weight is 253 g/mol. The van der Waals surface area contributed by atoms with Crippen LogP contribution in [0, 0.1) is 17.2 Å². The lowest BCUT2D eigenvalue weighted by Crippen LogP contribution is -2.23. The molecule has 92 valence electrons. The summed E-state index contributed by atoms with van der Waals surface area (Å²) in [5.41, 5.74) is 1.03. The molecule has 1 atom stereocenters. The number of ether oxygens (including phenoxy) is 1. The first-order valence-electron chi connectivity index (χ1n) is 5.47. The number of rotatable bonds is 5. The van der Waals surface area contributed by atoms with E-state index in [1.54, 1.807) is 7.11 Å². The number of hydrogen-bond donors (Lipinski definition) is 0. The van der Waals surface area contributed by atoms with Crippen molar-refractivity contribution in [3.05, 3.63) is 28.8 Å². The van der Waals surface area contributed by atoms with E-state index >= 15 is 0 Å². The molecule has 0 radical (unpaired) electrons. The molecule has 4 heteroatoms. The number of benzene rings is 1. The van der Waals surface area contributed by atoms with Crippen LogP contribution in [0.1, 0.15) is 12.5 Å². The quantitative estimate of drug-likeness (QED) is 0.808. The number of hydrogen-bond acceptors (Lipinski definition) is 3. The molecule has 0 spiro atoms. The zero-order chi connectivity index (χ0) is 12.8. The second-order valence-corrected chi connectivity index (χ2v) is 4.62. The Morgan fingerprint density at radius 1 is 1.53 bits per heavy atom. The van der Waals surface area contributed by atoms with Crippen LogP contribution in [0.4, 0.5) is 0 Å². The minimum absolute atomic E-state index is 0.0187. The Morgan fingerprint density at radius 2 is 2.24 bits per heavy atom. The predicted octanol–water partition coefficient (Wildman–Crippen LogP) is 2.94. The summed E-state index contributed by atoms with van der Waals surface area (Å²) in [6.45, 7) is 3.35. The fourth-order valence-electron chi connectivity index (χ4n) is 1.73. The second kappa shape index (κ2) is 6.48. The van der Waals surface area contributed by atoms with Gasteiger partial charge in [0, 0.05) is 23.7 Å². The summed E-state index contributed by atoms with van der Waals surface area (Å²) >= 11 is 5.96. The molecule has 0 saturated carbocycles. The Morgan fingerprint density at radius 3 is 2.82 bits per heavy atom. The first kappa shape index (κ1) is 13.8. The first-order chi connectivity index (χ1) is 8.06. The van der Waals surface area contributed by atoms with Crippen molar-refractivity contribution < 1.29 is 4.74 Å². The largest absolute Gasteiger partial charge is 0.496 e. The van der Waals surface area contributed by atoms with Gasteiger partial charge in [-0.1, -0.05) is 11.6 Å². The van der Waals surface area contributed by atoms with Crippen LogP contribution in [0.25, 0.3) is 0 Å². The maximum atomic E-state index is 8.77. The van der Waals surface area contributed by atoms with Crippen LogP contribution < -0.4 is 4.74 Å². The average Bonchev–Trinajstić information content (AvgIpc) is 2.29. The smallest absolute Gasteiger partial charge is 0.123 e. The van der Waals surface area contributed by atoms with Crippen LogP contribution in [0.15, 0.2) is 18.2 Å².